The molecule has 46 heavy (non-hydrogen) atoms. The standard InChI is InChI=1S/C31H42N2O13/c1-15(17-5-3-2-4-6-17)22(32)29(42)33-18(12-34)11-16-7-9-19(10-8-16)43-30-27(41)25(39)28(21(14-36)45-30)46-31-26(40)24(38)23(37)20(13-35)44-31/h2-10,12,15,18,20-28,30-31,35-41H,11,13-14,32H2,1H3,(H,33,42). The first-order valence-corrected chi connectivity index (χ1v) is 14.9. The highest BCUT2D eigenvalue weighted by Crippen LogP contribution is 2.30. The van der Waals surface area contributed by atoms with Crippen molar-refractivity contribution in [3.8, 4) is 5.75 Å². The Morgan fingerprint density at radius 1 is 0.870 bits per heavy atom. The van der Waals surface area contributed by atoms with Crippen molar-refractivity contribution >= 4 is 12.2 Å². The first-order chi connectivity index (χ1) is 22.0. The van der Waals surface area contributed by atoms with E-state index in [4.69, 9.17) is 24.7 Å². The van der Waals surface area contributed by atoms with Crippen LogP contribution in [-0.4, -0.2) is 135 Å². The molecule has 15 nitrogen and oxygen atoms in total. The number of hydrogen-bond acceptors (Lipinski definition) is 14. The maximum absolute atomic E-state index is 12.8. The topological polar surface area (TPSA) is 251 Å². The fourth-order valence-corrected chi connectivity index (χ4v) is 5.35. The molecule has 13 unspecified atom stereocenters. The Hall–Kier alpha value is -3.06. The Kier molecular flexibility index (Phi) is 12.6. The lowest BCUT2D eigenvalue weighted by atomic mass is 9.93. The molecule has 2 aliphatic rings. The molecule has 2 saturated heterocycles. The van der Waals surface area contributed by atoms with Crippen molar-refractivity contribution in [1.29, 1.82) is 0 Å². The van der Waals surface area contributed by atoms with Crippen LogP contribution in [0.3, 0.4) is 0 Å². The van der Waals surface area contributed by atoms with E-state index in [0.29, 0.717) is 11.8 Å². The summed E-state index contributed by atoms with van der Waals surface area (Å²) in [5, 5.41) is 73.8. The molecule has 0 saturated carbocycles. The number of carbonyl (C=O) groups excluding carboxylic acids is 2. The number of aliphatic hydroxyl groups is 7. The summed E-state index contributed by atoms with van der Waals surface area (Å²) < 4.78 is 22.2. The van der Waals surface area contributed by atoms with Crippen LogP contribution in [0, 0.1) is 0 Å². The number of aliphatic hydroxyl groups excluding tert-OH is 7. The van der Waals surface area contributed by atoms with Crippen molar-refractivity contribution in [1.82, 2.24) is 5.32 Å². The molecule has 0 bridgehead atoms. The van der Waals surface area contributed by atoms with Gasteiger partial charge in [0.05, 0.1) is 25.3 Å². The first-order valence-electron chi connectivity index (χ1n) is 14.9. The molecule has 0 radical (unpaired) electrons. The average Bonchev–Trinajstić information content (AvgIpc) is 3.08. The van der Waals surface area contributed by atoms with Gasteiger partial charge in [0.25, 0.3) is 0 Å². The van der Waals surface area contributed by atoms with Crippen molar-refractivity contribution < 1.29 is 64.3 Å². The van der Waals surface area contributed by atoms with E-state index in [1.807, 2.05) is 37.3 Å². The molecule has 15 heteroatoms. The van der Waals surface area contributed by atoms with Crippen LogP contribution < -0.4 is 15.8 Å². The van der Waals surface area contributed by atoms with Gasteiger partial charge in [0.1, 0.15) is 60.9 Å². The second-order valence-electron chi connectivity index (χ2n) is 11.4. The lowest BCUT2D eigenvalue weighted by molar-refractivity contribution is -0.352. The van der Waals surface area contributed by atoms with Crippen molar-refractivity contribution in [3.63, 3.8) is 0 Å². The van der Waals surface area contributed by atoms with Crippen LogP contribution in [0.5, 0.6) is 5.75 Å². The molecular weight excluding hydrogens is 608 g/mol. The smallest absolute Gasteiger partial charge is 0.238 e. The summed E-state index contributed by atoms with van der Waals surface area (Å²) >= 11 is 0. The van der Waals surface area contributed by atoms with Crippen molar-refractivity contribution in [3.05, 3.63) is 65.7 Å². The normalized spacial score (nSPS) is 33.4. The van der Waals surface area contributed by atoms with E-state index in [1.54, 1.807) is 12.1 Å². The van der Waals surface area contributed by atoms with E-state index < -0.39 is 92.6 Å². The molecular formula is C31H42N2O13. The summed E-state index contributed by atoms with van der Waals surface area (Å²) in [6.07, 6.45) is -15.0. The minimum absolute atomic E-state index is 0.160. The Bertz CT molecular complexity index is 1250. The molecule has 2 aliphatic heterocycles. The van der Waals surface area contributed by atoms with E-state index in [0.717, 1.165) is 5.56 Å². The number of ether oxygens (including phenoxy) is 4. The Labute approximate surface area is 265 Å². The number of benzene rings is 2. The molecule has 2 aromatic rings. The molecule has 2 fully saturated rings. The van der Waals surface area contributed by atoms with Gasteiger partial charge in [0, 0.05) is 5.92 Å². The number of rotatable bonds is 13. The van der Waals surface area contributed by atoms with Crippen molar-refractivity contribution in [2.45, 2.75) is 92.8 Å². The summed E-state index contributed by atoms with van der Waals surface area (Å²) in [4.78, 5) is 24.5. The largest absolute Gasteiger partial charge is 0.462 e. The van der Waals surface area contributed by atoms with Gasteiger partial charge in [-0.2, -0.15) is 0 Å². The van der Waals surface area contributed by atoms with Gasteiger partial charge < -0.3 is 70.5 Å². The van der Waals surface area contributed by atoms with Gasteiger partial charge in [0.2, 0.25) is 12.2 Å². The number of aldehydes is 1. The summed E-state index contributed by atoms with van der Waals surface area (Å²) in [6.45, 7) is 0.412. The molecule has 254 valence electrons. The maximum Gasteiger partial charge on any atom is 0.238 e. The third-order valence-corrected chi connectivity index (χ3v) is 8.25. The maximum atomic E-state index is 12.8. The first kappa shape index (κ1) is 35.8. The molecule has 4 rings (SSSR count). The lowest BCUT2D eigenvalue weighted by Crippen LogP contribution is -2.65. The van der Waals surface area contributed by atoms with Crippen LogP contribution in [0.4, 0.5) is 0 Å². The minimum atomic E-state index is -1.78. The van der Waals surface area contributed by atoms with Gasteiger partial charge in [0.15, 0.2) is 6.29 Å². The molecule has 0 spiro atoms. The number of carbonyl (C=O) groups is 2. The van der Waals surface area contributed by atoms with Crippen LogP contribution in [0.15, 0.2) is 54.6 Å². The molecule has 1 amide bonds. The monoisotopic (exact) mass is 650 g/mol. The number of nitrogens with one attached hydrogen (secondary N) is 1. The van der Waals surface area contributed by atoms with E-state index in [2.05, 4.69) is 5.32 Å². The summed E-state index contributed by atoms with van der Waals surface area (Å²) in [5.41, 5.74) is 7.72. The van der Waals surface area contributed by atoms with Gasteiger partial charge in [-0.15, -0.1) is 0 Å². The van der Waals surface area contributed by atoms with Gasteiger partial charge in [-0.05, 0) is 29.7 Å². The summed E-state index contributed by atoms with van der Waals surface area (Å²) in [7, 11) is 0. The fraction of sp³-hybridized carbons (Fsp3) is 0.548. The van der Waals surface area contributed by atoms with E-state index in [9.17, 15) is 45.3 Å². The van der Waals surface area contributed by atoms with Gasteiger partial charge in [-0.1, -0.05) is 49.4 Å². The molecule has 0 aliphatic carbocycles. The third-order valence-electron chi connectivity index (χ3n) is 8.25. The van der Waals surface area contributed by atoms with Crippen LogP contribution >= 0.6 is 0 Å². The quantitative estimate of drug-likeness (QED) is 0.0984. The Morgan fingerprint density at radius 2 is 1.48 bits per heavy atom. The van der Waals surface area contributed by atoms with Gasteiger partial charge >= 0.3 is 0 Å². The summed E-state index contributed by atoms with van der Waals surface area (Å²) in [6, 6.07) is 13.9. The Morgan fingerprint density at radius 3 is 2.09 bits per heavy atom. The predicted octanol–water partition coefficient (Wildman–Crippen LogP) is -2.95. The van der Waals surface area contributed by atoms with E-state index in [-0.39, 0.29) is 18.1 Å². The van der Waals surface area contributed by atoms with E-state index >= 15 is 0 Å². The van der Waals surface area contributed by atoms with E-state index in [1.165, 1.54) is 12.1 Å². The third kappa shape index (κ3) is 8.26. The van der Waals surface area contributed by atoms with Gasteiger partial charge in [-0.3, -0.25) is 4.79 Å². The van der Waals surface area contributed by atoms with Gasteiger partial charge in [-0.25, -0.2) is 0 Å². The summed E-state index contributed by atoms with van der Waals surface area (Å²) in [5.74, 6) is -0.543. The highest BCUT2D eigenvalue weighted by Gasteiger charge is 2.51. The number of hydrogen-bond donors (Lipinski definition) is 9. The molecule has 0 aromatic heterocycles. The SMILES string of the molecule is CC(c1ccccc1)C(N)C(=O)NC(C=O)Cc1ccc(OC2OC(CO)C(OC3OC(CO)C(O)C(O)C3O)C(O)C2O)cc1. The molecule has 2 aromatic carbocycles. The zero-order valence-corrected chi connectivity index (χ0v) is 25.1. The highest BCUT2D eigenvalue weighted by molar-refractivity contribution is 5.85. The lowest BCUT2D eigenvalue weighted by Gasteiger charge is -2.45. The highest BCUT2D eigenvalue weighted by atomic mass is 16.7. The minimum Gasteiger partial charge on any atom is -0.462 e. The molecule has 10 N–H and O–H groups in total. The Balaban J connectivity index is 1.33. The van der Waals surface area contributed by atoms with Crippen molar-refractivity contribution in [2.75, 3.05) is 13.2 Å². The van der Waals surface area contributed by atoms with Crippen LogP contribution in [0.2, 0.25) is 0 Å². The van der Waals surface area contributed by atoms with Crippen molar-refractivity contribution in [2.24, 2.45) is 5.73 Å². The second kappa shape index (κ2) is 16.2. The predicted molar refractivity (Wildman–Crippen MR) is 158 cm³/mol. The fourth-order valence-electron chi connectivity index (χ4n) is 5.35. The van der Waals surface area contributed by atoms with Crippen LogP contribution in [-0.2, 0) is 30.2 Å². The molecule has 13 atom stereocenters. The second-order valence-corrected chi connectivity index (χ2v) is 11.4. The average molecular weight is 651 g/mol. The number of nitrogens with two attached hydrogens (primary N) is 1. The zero-order valence-electron chi connectivity index (χ0n) is 25.1. The zero-order chi connectivity index (χ0) is 33.5. The van der Waals surface area contributed by atoms with Crippen LogP contribution in [0.1, 0.15) is 24.0 Å². The van der Waals surface area contributed by atoms with Crippen LogP contribution in [0.25, 0.3) is 0 Å². The molecule has 2 heterocycles. The number of amides is 1.